The highest BCUT2D eigenvalue weighted by Crippen LogP contribution is 2.23. The van der Waals surface area contributed by atoms with Gasteiger partial charge in [0.25, 0.3) is 5.91 Å². The molecule has 2 heterocycles. The Balaban J connectivity index is 0.0000382. The van der Waals surface area contributed by atoms with Gasteiger partial charge in [-0.1, -0.05) is 174 Å². The van der Waals surface area contributed by atoms with Crippen molar-refractivity contribution in [3.8, 4) is 0 Å². The summed E-state index contributed by atoms with van der Waals surface area (Å²) in [6, 6.07) is -7.67. The fourth-order valence-corrected chi connectivity index (χ4v) is 12.1. The van der Waals surface area contributed by atoms with Crippen LogP contribution in [0.25, 0.3) is 0 Å². The maximum Gasteiger partial charge on any atom is 0.329 e. The third-order valence-electron chi connectivity index (χ3n) is 19.3. The number of carbonyl (C=O) groups excluding carboxylic acids is 14. The Hall–Kier alpha value is -8.54. The molecule has 1 aromatic rings. The second-order valence-electron chi connectivity index (χ2n) is 30.2. The van der Waals surface area contributed by atoms with Gasteiger partial charge in [-0.2, -0.15) is 0 Å². The smallest absolute Gasteiger partial charge is 0.329 e. The molecule has 16 unspecified atom stereocenters. The number of likely N-dealkylation sites (tertiary alicyclic amines) is 1. The molecule has 0 aliphatic carbocycles. The standard InChI is InChI=1S/C75H124N14O16.CH4/c1-20-44(16)59(71(100)88-62-47(19)105-75(104)58(43(14)15)84-63(92)49(22-3)77-65(94)51(37-48-30-24-23-25-31-48)79-67(96)55(40(8)9)81-70(99)60(45(17)21-2)86-73(62)102)85-64(93)50(32-27-35-76)78-66(95)52-33-28-36-89(52)74(103)57(42(12)13)83-69(98)56(41(10)11)82-72(101)61(46(18)90)87-68(97)54(39(6)7)80-53(91)34-26-29-38(4)5;/h22-25,30-31,38-47,50-52,54-62,90H,20-21,26-29,32-37,76H2,1-19H3,(H,77,94)(H,78,95)(H,79,96)(H,80,91)(H,81,99)(H,82,101)(H,83,98)(H,84,92)(H,85,93)(H,86,102)(H,87,97)(H,88,100);1H4/b49-22-;. The first-order valence-corrected chi connectivity index (χ1v) is 37.5. The number of aliphatic hydroxyl groups is 1. The Kier molecular flexibility index (Phi) is 39.9. The number of ether oxygens (including phenoxy) is 1. The molecule has 0 radical (unpaired) electrons. The lowest BCUT2D eigenvalue weighted by atomic mass is 9.95. The maximum absolute atomic E-state index is 15.0. The van der Waals surface area contributed by atoms with Gasteiger partial charge in [0.2, 0.25) is 70.9 Å². The van der Waals surface area contributed by atoms with Gasteiger partial charge in [-0.3, -0.25) is 62.3 Å². The first kappa shape index (κ1) is 93.5. The molecule has 2 aliphatic heterocycles. The second-order valence-corrected chi connectivity index (χ2v) is 30.2. The summed E-state index contributed by atoms with van der Waals surface area (Å²) >= 11 is 0. The van der Waals surface area contributed by atoms with Crippen LogP contribution in [0.4, 0.5) is 0 Å². The van der Waals surface area contributed by atoms with Crippen molar-refractivity contribution in [2.24, 2.45) is 53.1 Å². The van der Waals surface area contributed by atoms with Crippen molar-refractivity contribution < 1.29 is 77.0 Å². The minimum absolute atomic E-state index is 0. The summed E-state index contributed by atoms with van der Waals surface area (Å²) in [7, 11) is 0. The van der Waals surface area contributed by atoms with Crippen LogP contribution in [0.2, 0.25) is 0 Å². The normalized spacial score (nSPS) is 22.3. The minimum Gasteiger partial charge on any atom is -0.458 e. The molecule has 30 nitrogen and oxygen atoms in total. The molecule has 0 bridgehead atoms. The molecule has 2 fully saturated rings. The number of nitrogens with two attached hydrogens (primary N) is 1. The average molecular weight is 1490 g/mol. The first-order valence-electron chi connectivity index (χ1n) is 37.5. The number of nitrogens with zero attached hydrogens (tertiary/aromatic N) is 1. The van der Waals surface area contributed by atoms with Gasteiger partial charge in [0.1, 0.15) is 84.3 Å². The SMILES string of the molecule is C.C/C=C1\NC(=O)C(Cc2ccccc2)NC(=O)C(C(C)C)NC(=O)C(C(C)CC)NC(=O)C(NC(=O)C(NC(=O)C(CCCN)NC(=O)C2CCCN2C(=O)C(NC(=O)C(NC(=O)C(NC(=O)C(NC(=O)CCCC(C)C)C(C)C)C(C)O)C(C)C)C(C)C)C(C)CC)C(C)OC(=O)C(C(C)C)NC1=O. The molecule has 106 heavy (non-hydrogen) atoms. The third-order valence-corrected chi connectivity index (χ3v) is 19.3. The van der Waals surface area contributed by atoms with Crippen LogP contribution in [0, 0.1) is 47.3 Å². The Morgan fingerprint density at radius 1 is 0.613 bits per heavy atom. The number of hydrogen-bond donors (Lipinski definition) is 14. The third kappa shape index (κ3) is 28.3. The van der Waals surface area contributed by atoms with E-state index >= 15 is 9.59 Å². The van der Waals surface area contributed by atoms with E-state index in [0.717, 1.165) is 6.42 Å². The van der Waals surface area contributed by atoms with Crippen LogP contribution in [-0.2, 0) is 78.3 Å². The Labute approximate surface area is 627 Å². The molecule has 13 amide bonds. The van der Waals surface area contributed by atoms with Crippen molar-refractivity contribution in [3.05, 3.63) is 47.7 Å². The lowest BCUT2D eigenvalue weighted by Gasteiger charge is -2.33. The average Bonchev–Trinajstić information content (AvgIpc) is 1.50. The number of hydrogen-bond acceptors (Lipinski definition) is 17. The van der Waals surface area contributed by atoms with Gasteiger partial charge in [0, 0.05) is 19.4 Å². The maximum atomic E-state index is 15.0. The van der Waals surface area contributed by atoms with E-state index in [1.54, 1.807) is 127 Å². The topological polar surface area (TPSA) is 442 Å². The van der Waals surface area contributed by atoms with E-state index < -0.39 is 203 Å². The van der Waals surface area contributed by atoms with Crippen molar-refractivity contribution in [2.75, 3.05) is 13.1 Å². The molecule has 1 aromatic carbocycles. The summed E-state index contributed by atoms with van der Waals surface area (Å²) in [6.07, 6.45) is 1.02. The highest BCUT2D eigenvalue weighted by Gasteiger charge is 2.44. The summed E-state index contributed by atoms with van der Waals surface area (Å²) in [4.78, 5) is 202. The van der Waals surface area contributed by atoms with E-state index in [2.05, 4.69) is 63.8 Å². The molecule has 3 rings (SSSR count). The highest BCUT2D eigenvalue weighted by atomic mass is 16.5. The van der Waals surface area contributed by atoms with Gasteiger partial charge in [0.05, 0.1) is 6.10 Å². The quantitative estimate of drug-likeness (QED) is 0.0355. The van der Waals surface area contributed by atoms with Crippen molar-refractivity contribution in [1.82, 2.24) is 68.7 Å². The van der Waals surface area contributed by atoms with Crippen LogP contribution < -0.4 is 69.5 Å². The molecule has 598 valence electrons. The van der Waals surface area contributed by atoms with Gasteiger partial charge in [0.15, 0.2) is 0 Å². The zero-order valence-corrected chi connectivity index (χ0v) is 65.2. The van der Waals surface area contributed by atoms with Gasteiger partial charge in [-0.05, 0) is 112 Å². The summed E-state index contributed by atoms with van der Waals surface area (Å²) in [5.41, 5.74) is 6.34. The number of allylic oxidation sites excluding steroid dienone is 1. The number of amides is 13. The van der Waals surface area contributed by atoms with E-state index in [9.17, 15) is 62.6 Å². The monoisotopic (exact) mass is 1490 g/mol. The predicted octanol–water partition coefficient (Wildman–Crippen LogP) is 2.47. The number of esters is 1. The zero-order valence-electron chi connectivity index (χ0n) is 65.2. The molecular formula is C76H128N14O16. The van der Waals surface area contributed by atoms with Crippen LogP contribution in [0.15, 0.2) is 42.1 Å². The van der Waals surface area contributed by atoms with E-state index in [4.69, 9.17) is 10.5 Å². The summed E-state index contributed by atoms with van der Waals surface area (Å²) < 4.78 is 5.96. The lowest BCUT2D eigenvalue weighted by Crippen LogP contribution is -2.64. The fourth-order valence-electron chi connectivity index (χ4n) is 12.1. The Morgan fingerprint density at radius 3 is 1.68 bits per heavy atom. The van der Waals surface area contributed by atoms with Crippen molar-refractivity contribution >= 4 is 82.8 Å². The number of benzene rings is 1. The van der Waals surface area contributed by atoms with E-state index in [0.29, 0.717) is 30.7 Å². The number of rotatable bonds is 33. The van der Waals surface area contributed by atoms with Crippen LogP contribution in [0.5, 0.6) is 0 Å². The van der Waals surface area contributed by atoms with Crippen molar-refractivity contribution in [2.45, 2.75) is 288 Å². The van der Waals surface area contributed by atoms with Gasteiger partial charge >= 0.3 is 5.97 Å². The largest absolute Gasteiger partial charge is 0.458 e. The molecule has 2 saturated heterocycles. The van der Waals surface area contributed by atoms with Crippen LogP contribution in [0.1, 0.15) is 202 Å². The minimum atomic E-state index is -1.83. The van der Waals surface area contributed by atoms with Crippen molar-refractivity contribution in [3.63, 3.8) is 0 Å². The fraction of sp³-hybridized carbons (Fsp3) is 0.711. The number of aliphatic hydroxyl groups excluding tert-OH is 1. The number of cyclic esters (lactones) is 1. The van der Waals surface area contributed by atoms with Crippen LogP contribution in [0.3, 0.4) is 0 Å². The summed E-state index contributed by atoms with van der Waals surface area (Å²) in [6.45, 7) is 31.8. The number of carbonyl (C=O) groups is 14. The number of nitrogens with one attached hydrogen (secondary N) is 12. The predicted molar refractivity (Wildman–Crippen MR) is 402 cm³/mol. The van der Waals surface area contributed by atoms with Crippen LogP contribution >= 0.6 is 0 Å². The lowest BCUT2D eigenvalue weighted by molar-refractivity contribution is -0.157. The van der Waals surface area contributed by atoms with E-state index in [-0.39, 0.29) is 70.6 Å². The molecule has 0 saturated carbocycles. The molecule has 0 aromatic heterocycles. The van der Waals surface area contributed by atoms with Gasteiger partial charge < -0.3 is 84.3 Å². The van der Waals surface area contributed by atoms with Gasteiger partial charge in [-0.25, -0.2) is 4.79 Å². The van der Waals surface area contributed by atoms with Crippen molar-refractivity contribution in [1.29, 1.82) is 0 Å². The Bertz CT molecular complexity index is 3160. The van der Waals surface area contributed by atoms with Crippen LogP contribution in [-0.4, -0.2) is 191 Å². The van der Waals surface area contributed by atoms with E-state index in [1.165, 1.54) is 31.7 Å². The van der Waals surface area contributed by atoms with Gasteiger partial charge in [-0.15, -0.1) is 0 Å². The summed E-state index contributed by atoms with van der Waals surface area (Å²) in [5.74, 6) is -15.1. The second kappa shape index (κ2) is 45.2. The first-order chi connectivity index (χ1) is 49.2. The van der Waals surface area contributed by atoms with E-state index in [1.807, 2.05) is 13.8 Å². The summed E-state index contributed by atoms with van der Waals surface area (Å²) in [5, 5.41) is 43.2. The molecule has 16 atom stereocenters. The highest BCUT2D eigenvalue weighted by molar-refractivity contribution is 6.03. The molecular weight excluding hydrogens is 1360 g/mol. The molecule has 0 spiro atoms. The Morgan fingerprint density at radius 2 is 1.15 bits per heavy atom. The molecule has 15 N–H and O–H groups in total. The molecule has 2 aliphatic rings. The molecule has 30 heteroatoms. The zero-order chi connectivity index (χ0) is 79.4.